The number of nitrogens with two attached hydrogens (primary N) is 1. The van der Waals surface area contributed by atoms with Crippen LogP contribution in [-0.2, 0) is 11.2 Å². The van der Waals surface area contributed by atoms with Crippen LogP contribution in [0.3, 0.4) is 0 Å². The first-order chi connectivity index (χ1) is 8.90. The molecule has 3 N–H and O–H groups in total. The maximum atomic E-state index is 13.6. The highest BCUT2D eigenvalue weighted by molar-refractivity contribution is 6.08. The van der Waals surface area contributed by atoms with Crippen LogP contribution in [0.25, 0.3) is 0 Å². The van der Waals surface area contributed by atoms with E-state index in [2.05, 4.69) is 0 Å². The molecule has 1 aliphatic rings. The van der Waals surface area contributed by atoms with Gasteiger partial charge in [0.2, 0.25) is 0 Å². The van der Waals surface area contributed by atoms with Crippen LogP contribution in [0.5, 0.6) is 0 Å². The molecule has 1 unspecified atom stereocenters. The van der Waals surface area contributed by atoms with E-state index in [0.29, 0.717) is 29.5 Å². The highest BCUT2D eigenvalue weighted by Crippen LogP contribution is 2.36. The van der Waals surface area contributed by atoms with Crippen molar-refractivity contribution in [3.63, 3.8) is 0 Å². The second-order valence-corrected chi connectivity index (χ2v) is 5.06. The molecule has 0 bridgehead atoms. The number of aliphatic hydroxyl groups excluding tert-OH is 1. The summed E-state index contributed by atoms with van der Waals surface area (Å²) in [5.41, 5.74) is 6.46. The summed E-state index contributed by atoms with van der Waals surface area (Å²) >= 11 is 0. The van der Waals surface area contributed by atoms with Crippen molar-refractivity contribution in [2.75, 3.05) is 18.9 Å². The Morgan fingerprint density at radius 2 is 2.26 bits per heavy atom. The Morgan fingerprint density at radius 1 is 1.58 bits per heavy atom. The molecule has 0 heterocycles. The molecule has 0 amide bonds. The van der Waals surface area contributed by atoms with Gasteiger partial charge in [-0.2, -0.15) is 0 Å². The fourth-order valence-electron chi connectivity index (χ4n) is 2.55. The third kappa shape index (κ3) is 2.24. The van der Waals surface area contributed by atoms with Crippen LogP contribution in [0.4, 0.5) is 10.1 Å². The van der Waals surface area contributed by atoms with Crippen molar-refractivity contribution in [2.45, 2.75) is 32.3 Å². The summed E-state index contributed by atoms with van der Waals surface area (Å²) in [5, 5.41) is 8.82. The minimum absolute atomic E-state index is 0.0949. The fraction of sp³-hybridized carbons (Fsp3) is 0.500. The average Bonchev–Trinajstić information content (AvgIpc) is 2.37. The number of rotatable bonds is 3. The summed E-state index contributed by atoms with van der Waals surface area (Å²) in [5.74, 6) is -0.619. The molecule has 2 rings (SSSR count). The van der Waals surface area contributed by atoms with Gasteiger partial charge in [0.1, 0.15) is 11.4 Å². The third-order valence-electron chi connectivity index (χ3n) is 3.75. The second kappa shape index (κ2) is 4.90. The van der Waals surface area contributed by atoms with Crippen molar-refractivity contribution in [1.82, 2.24) is 0 Å². The molecule has 1 aromatic rings. The van der Waals surface area contributed by atoms with Crippen molar-refractivity contribution in [1.29, 1.82) is 0 Å². The van der Waals surface area contributed by atoms with Gasteiger partial charge in [-0.1, -0.05) is 0 Å². The van der Waals surface area contributed by atoms with Crippen molar-refractivity contribution in [3.8, 4) is 0 Å². The molecule has 104 valence electrons. The summed E-state index contributed by atoms with van der Waals surface area (Å²) in [6.07, 6.45) is 0.999. The Hall–Kier alpha value is -1.46. The van der Waals surface area contributed by atoms with E-state index < -0.39 is 5.60 Å². The summed E-state index contributed by atoms with van der Waals surface area (Å²) in [6.45, 7) is 3.29. The number of carbonyl (C=O) groups is 1. The van der Waals surface area contributed by atoms with Crippen molar-refractivity contribution < 1.29 is 19.0 Å². The lowest BCUT2D eigenvalue weighted by Gasteiger charge is -2.34. The Kier molecular flexibility index (Phi) is 3.60. The molecular formula is C14H18FNO3. The normalized spacial score (nSPS) is 22.4. The maximum absolute atomic E-state index is 13.6. The number of halogens is 1. The van der Waals surface area contributed by atoms with Crippen LogP contribution in [-0.4, -0.2) is 29.7 Å². The molecule has 4 nitrogen and oxygen atoms in total. The van der Waals surface area contributed by atoms with Crippen LogP contribution in [0.1, 0.15) is 34.8 Å². The Labute approximate surface area is 111 Å². The fourth-order valence-corrected chi connectivity index (χ4v) is 2.55. The summed E-state index contributed by atoms with van der Waals surface area (Å²) in [4.78, 5) is 12.5. The van der Waals surface area contributed by atoms with E-state index in [0.717, 1.165) is 0 Å². The first-order valence-electron chi connectivity index (χ1n) is 6.28. The van der Waals surface area contributed by atoms with E-state index in [1.807, 2.05) is 0 Å². The minimum Gasteiger partial charge on any atom is -0.398 e. The number of fused-ring (bicyclic) bond motifs is 1. The molecule has 1 aliphatic carbocycles. The second-order valence-electron chi connectivity index (χ2n) is 5.06. The van der Waals surface area contributed by atoms with Gasteiger partial charge in [-0.25, -0.2) is 4.39 Å². The lowest BCUT2D eigenvalue weighted by Crippen LogP contribution is -2.43. The smallest absolute Gasteiger partial charge is 0.196 e. The van der Waals surface area contributed by atoms with Crippen LogP contribution < -0.4 is 5.73 Å². The molecule has 5 heteroatoms. The molecule has 0 radical (unpaired) electrons. The highest BCUT2D eigenvalue weighted by Gasteiger charge is 2.41. The summed E-state index contributed by atoms with van der Waals surface area (Å²) in [7, 11) is 0. The quantitative estimate of drug-likeness (QED) is 0.816. The van der Waals surface area contributed by atoms with E-state index in [1.54, 1.807) is 13.8 Å². The number of ether oxygens (including phenoxy) is 1. The number of anilines is 1. The van der Waals surface area contributed by atoms with Crippen LogP contribution in [0.15, 0.2) is 6.07 Å². The Balaban J connectivity index is 2.47. The zero-order chi connectivity index (χ0) is 14.2. The van der Waals surface area contributed by atoms with E-state index in [1.165, 1.54) is 6.07 Å². The first-order valence-corrected chi connectivity index (χ1v) is 6.28. The molecule has 0 aromatic heterocycles. The van der Waals surface area contributed by atoms with Gasteiger partial charge in [0, 0.05) is 11.3 Å². The van der Waals surface area contributed by atoms with Crippen LogP contribution >= 0.6 is 0 Å². The number of hydrogen-bond acceptors (Lipinski definition) is 4. The number of ketones is 1. The van der Waals surface area contributed by atoms with Crippen molar-refractivity contribution in [3.05, 3.63) is 28.6 Å². The standard InChI is InChI=1S/C14H18FNO3/c1-8-9-3-4-14(2,19-6-5-17)13(18)12(9)11(16)7-10(8)15/h7,17H,3-6,16H2,1-2H3. The summed E-state index contributed by atoms with van der Waals surface area (Å²) in [6, 6.07) is 1.18. The van der Waals surface area contributed by atoms with Gasteiger partial charge in [-0.15, -0.1) is 0 Å². The Bertz CT molecular complexity index is 530. The summed E-state index contributed by atoms with van der Waals surface area (Å²) < 4.78 is 19.1. The molecule has 1 atom stereocenters. The molecule has 0 saturated heterocycles. The number of nitrogen functional groups attached to an aromatic ring is 1. The van der Waals surface area contributed by atoms with E-state index in [-0.39, 0.29) is 30.5 Å². The van der Waals surface area contributed by atoms with Gasteiger partial charge in [0.15, 0.2) is 5.78 Å². The van der Waals surface area contributed by atoms with Gasteiger partial charge < -0.3 is 15.6 Å². The third-order valence-corrected chi connectivity index (χ3v) is 3.75. The van der Waals surface area contributed by atoms with Gasteiger partial charge in [-0.3, -0.25) is 4.79 Å². The minimum atomic E-state index is -0.992. The lowest BCUT2D eigenvalue weighted by atomic mass is 9.78. The van der Waals surface area contributed by atoms with Crippen molar-refractivity contribution >= 4 is 11.5 Å². The number of hydrogen-bond donors (Lipinski definition) is 2. The first kappa shape index (κ1) is 14.0. The zero-order valence-corrected chi connectivity index (χ0v) is 11.1. The number of benzene rings is 1. The predicted molar refractivity (Wildman–Crippen MR) is 69.6 cm³/mol. The van der Waals surface area contributed by atoms with Crippen molar-refractivity contribution in [2.24, 2.45) is 0 Å². The van der Waals surface area contributed by atoms with Crippen LogP contribution in [0, 0.1) is 12.7 Å². The SMILES string of the molecule is Cc1c(F)cc(N)c2c1CCC(C)(OCCO)C2=O. The predicted octanol–water partition coefficient (Wildman–Crippen LogP) is 1.61. The van der Waals surface area contributed by atoms with Gasteiger partial charge in [0.05, 0.1) is 13.2 Å². The lowest BCUT2D eigenvalue weighted by molar-refractivity contribution is -0.0338. The molecule has 0 aliphatic heterocycles. The molecule has 0 spiro atoms. The molecule has 0 fully saturated rings. The van der Waals surface area contributed by atoms with E-state index in [4.69, 9.17) is 15.6 Å². The maximum Gasteiger partial charge on any atom is 0.196 e. The Morgan fingerprint density at radius 3 is 2.89 bits per heavy atom. The van der Waals surface area contributed by atoms with Crippen LogP contribution in [0.2, 0.25) is 0 Å². The number of Topliss-reactive ketones (excluding diaryl/α,β-unsaturated/α-hetero) is 1. The van der Waals surface area contributed by atoms with E-state index in [9.17, 15) is 9.18 Å². The topological polar surface area (TPSA) is 72.6 Å². The molecular weight excluding hydrogens is 249 g/mol. The number of aliphatic hydroxyl groups is 1. The van der Waals surface area contributed by atoms with E-state index >= 15 is 0 Å². The largest absolute Gasteiger partial charge is 0.398 e. The monoisotopic (exact) mass is 267 g/mol. The molecule has 0 saturated carbocycles. The average molecular weight is 267 g/mol. The number of carbonyl (C=O) groups excluding carboxylic acids is 1. The molecule has 19 heavy (non-hydrogen) atoms. The van der Waals surface area contributed by atoms with Gasteiger partial charge in [0.25, 0.3) is 0 Å². The highest BCUT2D eigenvalue weighted by atomic mass is 19.1. The zero-order valence-electron chi connectivity index (χ0n) is 11.1. The van der Waals surface area contributed by atoms with Gasteiger partial charge >= 0.3 is 0 Å². The molecule has 1 aromatic carbocycles. The van der Waals surface area contributed by atoms with Gasteiger partial charge in [-0.05, 0) is 43.9 Å².